The lowest BCUT2D eigenvalue weighted by Gasteiger charge is -2.11. The number of hydrogen-bond acceptors (Lipinski definition) is 0. The molecule has 0 heterocycles. The zero-order valence-electron chi connectivity index (χ0n) is 6.22. The fraction of sp³-hybridized carbons (Fsp3) is 0.778. The summed E-state index contributed by atoms with van der Waals surface area (Å²) in [6.45, 7) is 4.42. The molecule has 1 saturated carbocycles. The summed E-state index contributed by atoms with van der Waals surface area (Å²) >= 11 is 0. The lowest BCUT2D eigenvalue weighted by molar-refractivity contribution is 0.432. The third-order valence-electron chi connectivity index (χ3n) is 2.04. The molecule has 0 radical (unpaired) electrons. The highest BCUT2D eigenvalue weighted by Crippen LogP contribution is 2.39. The minimum atomic E-state index is 0.560. The van der Waals surface area contributed by atoms with E-state index in [0.717, 1.165) is 5.92 Å². The summed E-state index contributed by atoms with van der Waals surface area (Å²) < 4.78 is 0. The zero-order valence-corrected chi connectivity index (χ0v) is 6.22. The molecule has 9 heavy (non-hydrogen) atoms. The average Bonchev–Trinajstić information content (AvgIpc) is 2.50. The summed E-state index contributed by atoms with van der Waals surface area (Å²) in [5, 5.41) is 0. The Hall–Kier alpha value is -0.440. The largest absolute Gasteiger partial charge is 0.120 e. The smallest absolute Gasteiger partial charge is 0.0251 e. The Morgan fingerprint density at radius 3 is 2.11 bits per heavy atom. The topological polar surface area (TPSA) is 0 Å². The number of hydrogen-bond donors (Lipinski definition) is 0. The second-order valence-corrected chi connectivity index (χ2v) is 3.27. The van der Waals surface area contributed by atoms with E-state index in [1.54, 1.807) is 0 Å². The lowest BCUT2D eigenvalue weighted by atomic mass is 9.92. The Bertz CT molecular complexity index is 121. The van der Waals surface area contributed by atoms with E-state index in [1.165, 1.54) is 12.8 Å². The molecular formula is C9H14. The van der Waals surface area contributed by atoms with Crippen molar-refractivity contribution in [1.29, 1.82) is 0 Å². The first-order valence-electron chi connectivity index (χ1n) is 3.72. The van der Waals surface area contributed by atoms with Gasteiger partial charge in [0.2, 0.25) is 0 Å². The highest BCUT2D eigenvalue weighted by Gasteiger charge is 2.31. The number of rotatable bonds is 2. The highest BCUT2D eigenvalue weighted by molar-refractivity contribution is 5.01. The zero-order chi connectivity index (χ0) is 6.85. The van der Waals surface area contributed by atoms with Crippen molar-refractivity contribution >= 4 is 0 Å². The summed E-state index contributed by atoms with van der Waals surface area (Å²) in [6, 6.07) is 0. The van der Waals surface area contributed by atoms with Crippen molar-refractivity contribution < 1.29 is 0 Å². The fourth-order valence-electron chi connectivity index (χ4n) is 1.33. The van der Waals surface area contributed by atoms with Crippen LogP contribution in [-0.2, 0) is 0 Å². The third-order valence-corrected chi connectivity index (χ3v) is 2.04. The Balaban J connectivity index is 2.40. The molecule has 0 saturated heterocycles. The first-order chi connectivity index (χ1) is 4.25. The molecule has 1 rings (SSSR count). The molecule has 50 valence electrons. The van der Waals surface area contributed by atoms with Crippen LogP contribution >= 0.6 is 0 Å². The van der Waals surface area contributed by atoms with E-state index >= 15 is 0 Å². The second-order valence-electron chi connectivity index (χ2n) is 3.27. The van der Waals surface area contributed by atoms with Gasteiger partial charge >= 0.3 is 0 Å². The van der Waals surface area contributed by atoms with Crippen LogP contribution in [0.15, 0.2) is 0 Å². The van der Waals surface area contributed by atoms with Crippen molar-refractivity contribution in [3.63, 3.8) is 0 Å². The van der Waals surface area contributed by atoms with Crippen LogP contribution in [0.3, 0.4) is 0 Å². The van der Waals surface area contributed by atoms with Crippen LogP contribution in [0, 0.1) is 30.1 Å². The summed E-state index contributed by atoms with van der Waals surface area (Å²) in [6.07, 6.45) is 8.10. The molecule has 0 aliphatic heterocycles. The minimum Gasteiger partial charge on any atom is -0.120 e. The van der Waals surface area contributed by atoms with Gasteiger partial charge < -0.3 is 0 Å². The van der Waals surface area contributed by atoms with Crippen molar-refractivity contribution in [2.24, 2.45) is 17.8 Å². The van der Waals surface area contributed by atoms with Crippen molar-refractivity contribution in [2.45, 2.75) is 26.7 Å². The lowest BCUT2D eigenvalue weighted by Crippen LogP contribution is -2.07. The van der Waals surface area contributed by atoms with Gasteiger partial charge in [-0.25, -0.2) is 0 Å². The molecule has 0 heteroatoms. The van der Waals surface area contributed by atoms with E-state index < -0.39 is 0 Å². The van der Waals surface area contributed by atoms with Crippen LogP contribution < -0.4 is 0 Å². The summed E-state index contributed by atoms with van der Waals surface area (Å²) in [4.78, 5) is 0. The van der Waals surface area contributed by atoms with Crippen LogP contribution in [0.2, 0.25) is 0 Å². The van der Waals surface area contributed by atoms with E-state index in [9.17, 15) is 0 Å². The van der Waals surface area contributed by atoms with Gasteiger partial charge in [-0.05, 0) is 24.7 Å². The molecule has 1 atom stereocenters. The van der Waals surface area contributed by atoms with Crippen LogP contribution in [0.4, 0.5) is 0 Å². The molecule has 0 aromatic rings. The summed E-state index contributed by atoms with van der Waals surface area (Å²) in [5.41, 5.74) is 0. The highest BCUT2D eigenvalue weighted by atomic mass is 14.3. The van der Waals surface area contributed by atoms with Gasteiger partial charge in [0.1, 0.15) is 0 Å². The molecule has 1 aliphatic carbocycles. The Kier molecular flexibility index (Phi) is 1.81. The molecule has 1 fully saturated rings. The maximum absolute atomic E-state index is 5.36. The van der Waals surface area contributed by atoms with Crippen molar-refractivity contribution in [3.05, 3.63) is 0 Å². The molecule has 0 aromatic carbocycles. The first kappa shape index (κ1) is 6.68. The summed E-state index contributed by atoms with van der Waals surface area (Å²) in [5.74, 6) is 4.98. The Morgan fingerprint density at radius 1 is 1.44 bits per heavy atom. The van der Waals surface area contributed by atoms with E-state index in [-0.39, 0.29) is 0 Å². The molecule has 0 N–H and O–H groups in total. The fourth-order valence-corrected chi connectivity index (χ4v) is 1.33. The predicted octanol–water partition coefficient (Wildman–Crippen LogP) is 2.30. The maximum atomic E-state index is 5.36. The van der Waals surface area contributed by atoms with Gasteiger partial charge in [0.15, 0.2) is 0 Å². The van der Waals surface area contributed by atoms with Crippen molar-refractivity contribution in [2.75, 3.05) is 0 Å². The van der Waals surface area contributed by atoms with E-state index in [4.69, 9.17) is 6.42 Å². The maximum Gasteiger partial charge on any atom is 0.0251 e. The van der Waals surface area contributed by atoms with Crippen LogP contribution in [0.25, 0.3) is 0 Å². The first-order valence-corrected chi connectivity index (χ1v) is 3.72. The molecule has 1 aliphatic rings. The standard InChI is InChI=1S/C9H14/c1-4-9(7(2)3)8-5-6-8/h1,7-9H,5-6H2,2-3H3. The normalized spacial score (nSPS) is 21.6. The van der Waals surface area contributed by atoms with E-state index in [1.807, 2.05) is 0 Å². The van der Waals surface area contributed by atoms with Gasteiger partial charge in [-0.3, -0.25) is 0 Å². The van der Waals surface area contributed by atoms with Crippen LogP contribution in [0.5, 0.6) is 0 Å². The van der Waals surface area contributed by atoms with Crippen LogP contribution in [-0.4, -0.2) is 0 Å². The van der Waals surface area contributed by atoms with Gasteiger partial charge in [0.05, 0.1) is 0 Å². The van der Waals surface area contributed by atoms with Gasteiger partial charge in [0, 0.05) is 5.92 Å². The molecule has 0 bridgehead atoms. The quantitative estimate of drug-likeness (QED) is 0.493. The SMILES string of the molecule is C#CC(C(C)C)C1CC1. The third kappa shape index (κ3) is 1.48. The van der Waals surface area contributed by atoms with Crippen molar-refractivity contribution in [1.82, 2.24) is 0 Å². The number of terminal acetylenes is 1. The second kappa shape index (κ2) is 2.43. The molecule has 0 aromatic heterocycles. The average molecular weight is 122 g/mol. The molecule has 0 spiro atoms. The van der Waals surface area contributed by atoms with Gasteiger partial charge in [-0.2, -0.15) is 0 Å². The van der Waals surface area contributed by atoms with Gasteiger partial charge in [-0.1, -0.05) is 13.8 Å². The molecule has 1 unspecified atom stereocenters. The molecule has 0 nitrogen and oxygen atoms in total. The minimum absolute atomic E-state index is 0.560. The van der Waals surface area contributed by atoms with Crippen molar-refractivity contribution in [3.8, 4) is 12.3 Å². The predicted molar refractivity (Wildman–Crippen MR) is 39.9 cm³/mol. The van der Waals surface area contributed by atoms with E-state index in [0.29, 0.717) is 11.8 Å². The van der Waals surface area contributed by atoms with Crippen LogP contribution in [0.1, 0.15) is 26.7 Å². The van der Waals surface area contributed by atoms with Gasteiger partial charge in [-0.15, -0.1) is 12.3 Å². The Labute approximate surface area is 57.7 Å². The molecule has 0 amide bonds. The Morgan fingerprint density at radius 2 is 2.00 bits per heavy atom. The summed E-state index contributed by atoms with van der Waals surface area (Å²) in [7, 11) is 0. The monoisotopic (exact) mass is 122 g/mol. The van der Waals surface area contributed by atoms with Gasteiger partial charge in [0.25, 0.3) is 0 Å². The van der Waals surface area contributed by atoms with E-state index in [2.05, 4.69) is 19.8 Å². The molecular weight excluding hydrogens is 108 g/mol.